The molecule has 22 heavy (non-hydrogen) atoms. The molecule has 1 aliphatic heterocycles. The first kappa shape index (κ1) is 15.5. The highest BCUT2D eigenvalue weighted by molar-refractivity contribution is 5.32. The molecule has 0 saturated carbocycles. The normalized spacial score (nSPS) is 26.4. The Bertz CT molecular complexity index is 534. The van der Waals surface area contributed by atoms with Gasteiger partial charge in [0.25, 0.3) is 0 Å². The smallest absolute Gasteiger partial charge is 0.0628 e. The van der Waals surface area contributed by atoms with E-state index in [1.54, 1.807) is 0 Å². The number of allylic oxidation sites excluding steroid dienone is 1. The summed E-state index contributed by atoms with van der Waals surface area (Å²) in [7, 11) is 0. The number of aliphatic hydroxyl groups excluding tert-OH is 1. The van der Waals surface area contributed by atoms with Crippen LogP contribution in [0.5, 0.6) is 0 Å². The highest BCUT2D eigenvalue weighted by Gasteiger charge is 2.36. The van der Waals surface area contributed by atoms with Gasteiger partial charge in [-0.15, -0.1) is 0 Å². The molecule has 0 saturated heterocycles. The number of aliphatic hydroxyl groups is 1. The van der Waals surface area contributed by atoms with E-state index in [4.69, 9.17) is 0 Å². The van der Waals surface area contributed by atoms with Crippen molar-refractivity contribution in [1.82, 2.24) is 4.90 Å². The van der Waals surface area contributed by atoms with Crippen LogP contribution in [-0.4, -0.2) is 28.7 Å². The average Bonchev–Trinajstić information content (AvgIpc) is 2.58. The van der Waals surface area contributed by atoms with Gasteiger partial charge in [0.1, 0.15) is 0 Å². The van der Waals surface area contributed by atoms with Crippen molar-refractivity contribution in [2.45, 2.75) is 57.2 Å². The third-order valence-electron chi connectivity index (χ3n) is 5.05. The van der Waals surface area contributed by atoms with Crippen LogP contribution >= 0.6 is 0 Å². The van der Waals surface area contributed by atoms with Crippen LogP contribution in [0.4, 0.5) is 0 Å². The summed E-state index contributed by atoms with van der Waals surface area (Å²) in [6, 6.07) is 11.6. The molecular weight excluding hydrogens is 270 g/mol. The molecule has 0 amide bonds. The van der Waals surface area contributed by atoms with Gasteiger partial charge in [-0.25, -0.2) is 0 Å². The zero-order valence-electron chi connectivity index (χ0n) is 13.5. The first-order chi connectivity index (χ1) is 10.8. The van der Waals surface area contributed by atoms with E-state index in [1.165, 1.54) is 30.4 Å². The minimum atomic E-state index is 0.109. The molecule has 0 bridgehead atoms. The Morgan fingerprint density at radius 2 is 2.09 bits per heavy atom. The number of fused-ring (bicyclic) bond motifs is 1. The Morgan fingerprint density at radius 1 is 1.27 bits per heavy atom. The van der Waals surface area contributed by atoms with Crippen molar-refractivity contribution >= 4 is 0 Å². The molecule has 2 heteroatoms. The molecular formula is C20H27NO. The van der Waals surface area contributed by atoms with E-state index < -0.39 is 0 Å². The fraction of sp³-hybridized carbons (Fsp3) is 0.500. The van der Waals surface area contributed by atoms with Crippen LogP contribution in [0, 0.1) is 0 Å². The summed E-state index contributed by atoms with van der Waals surface area (Å²) in [5.41, 5.74) is 2.69. The second-order valence-electron chi connectivity index (χ2n) is 6.43. The zero-order valence-corrected chi connectivity index (χ0v) is 13.5. The molecule has 0 aromatic heterocycles. The Labute approximate surface area is 134 Å². The topological polar surface area (TPSA) is 23.5 Å². The summed E-state index contributed by atoms with van der Waals surface area (Å²) in [6.07, 6.45) is 12.8. The Kier molecular flexibility index (Phi) is 5.12. The van der Waals surface area contributed by atoms with Crippen LogP contribution in [0.3, 0.4) is 0 Å². The summed E-state index contributed by atoms with van der Waals surface area (Å²) in [4.78, 5) is 2.61. The summed E-state index contributed by atoms with van der Waals surface area (Å²) >= 11 is 0. The monoisotopic (exact) mass is 297 g/mol. The molecule has 2 nitrogen and oxygen atoms in total. The number of hydrogen-bond donors (Lipinski definition) is 1. The van der Waals surface area contributed by atoms with Crippen LogP contribution in [0.2, 0.25) is 0 Å². The maximum absolute atomic E-state index is 10.1. The predicted octanol–water partition coefficient (Wildman–Crippen LogP) is 4.24. The van der Waals surface area contributed by atoms with Crippen molar-refractivity contribution in [2.75, 3.05) is 6.61 Å². The molecule has 1 aromatic carbocycles. The van der Waals surface area contributed by atoms with E-state index in [-0.39, 0.29) is 12.6 Å². The third kappa shape index (κ3) is 3.04. The molecule has 0 radical (unpaired) electrons. The molecule has 2 aliphatic rings. The number of benzene rings is 1. The lowest BCUT2D eigenvalue weighted by Gasteiger charge is -2.47. The van der Waals surface area contributed by atoms with Gasteiger partial charge in [-0.05, 0) is 36.8 Å². The molecule has 1 unspecified atom stereocenters. The minimum absolute atomic E-state index is 0.109. The highest BCUT2D eigenvalue weighted by atomic mass is 16.3. The van der Waals surface area contributed by atoms with Crippen molar-refractivity contribution in [3.8, 4) is 0 Å². The summed E-state index contributed by atoms with van der Waals surface area (Å²) in [5.74, 6) is 0. The lowest BCUT2D eigenvalue weighted by Crippen LogP contribution is -2.49. The first-order valence-electron chi connectivity index (χ1n) is 8.65. The van der Waals surface area contributed by atoms with Crippen molar-refractivity contribution in [1.29, 1.82) is 0 Å². The van der Waals surface area contributed by atoms with Gasteiger partial charge in [0.15, 0.2) is 0 Å². The van der Waals surface area contributed by atoms with E-state index >= 15 is 0 Å². The first-order valence-corrected chi connectivity index (χ1v) is 8.65. The van der Waals surface area contributed by atoms with Crippen LogP contribution in [-0.2, 0) is 0 Å². The molecule has 1 N–H and O–H groups in total. The van der Waals surface area contributed by atoms with Crippen LogP contribution in [0.25, 0.3) is 0 Å². The van der Waals surface area contributed by atoms with Gasteiger partial charge in [0.05, 0.1) is 12.6 Å². The molecule has 1 heterocycles. The van der Waals surface area contributed by atoms with Crippen molar-refractivity contribution in [3.05, 3.63) is 59.7 Å². The van der Waals surface area contributed by atoms with Gasteiger partial charge in [-0.2, -0.15) is 0 Å². The fourth-order valence-electron chi connectivity index (χ4n) is 4.04. The maximum atomic E-state index is 10.1. The molecule has 1 aromatic rings. The van der Waals surface area contributed by atoms with Crippen molar-refractivity contribution in [3.63, 3.8) is 0 Å². The summed E-state index contributed by atoms with van der Waals surface area (Å²) in [6.45, 7) is 2.45. The van der Waals surface area contributed by atoms with Gasteiger partial charge < -0.3 is 5.11 Å². The van der Waals surface area contributed by atoms with Crippen LogP contribution in [0.15, 0.2) is 54.1 Å². The van der Waals surface area contributed by atoms with E-state index in [9.17, 15) is 5.11 Å². The van der Waals surface area contributed by atoms with Gasteiger partial charge >= 0.3 is 0 Å². The van der Waals surface area contributed by atoms with E-state index in [0.717, 1.165) is 12.8 Å². The van der Waals surface area contributed by atoms with E-state index in [0.29, 0.717) is 12.1 Å². The Hall–Kier alpha value is -1.38. The van der Waals surface area contributed by atoms with Gasteiger partial charge in [-0.1, -0.05) is 61.9 Å². The van der Waals surface area contributed by atoms with Crippen LogP contribution in [0.1, 0.15) is 50.6 Å². The molecule has 3 atom stereocenters. The second-order valence-corrected chi connectivity index (χ2v) is 6.43. The largest absolute Gasteiger partial charge is 0.394 e. The predicted molar refractivity (Wildman–Crippen MR) is 91.7 cm³/mol. The second kappa shape index (κ2) is 7.26. The van der Waals surface area contributed by atoms with Crippen molar-refractivity contribution in [2.24, 2.45) is 0 Å². The molecule has 0 fully saturated rings. The van der Waals surface area contributed by atoms with Crippen molar-refractivity contribution < 1.29 is 5.11 Å². The maximum Gasteiger partial charge on any atom is 0.0628 e. The van der Waals surface area contributed by atoms with E-state index in [2.05, 4.69) is 54.3 Å². The summed E-state index contributed by atoms with van der Waals surface area (Å²) < 4.78 is 0. The number of hydrogen-bond acceptors (Lipinski definition) is 2. The van der Waals surface area contributed by atoms with E-state index in [1.807, 2.05) is 6.07 Å². The third-order valence-corrected chi connectivity index (χ3v) is 5.05. The lowest BCUT2D eigenvalue weighted by molar-refractivity contribution is 0.0406. The molecule has 1 aliphatic carbocycles. The average molecular weight is 297 g/mol. The standard InChI is InChI=1S/C20H27NO/c1-2-8-18-14-13-17-11-6-7-12-19(17)21(18)20(15-22)16-9-4-3-5-10-16/h3-6,9-11,13,18-20,22H,2,7-8,12,14-15H2,1H3/t18-,19?,20-/m0/s1. The number of rotatable bonds is 5. The number of nitrogens with zero attached hydrogens (tertiary/aromatic N) is 1. The van der Waals surface area contributed by atoms with Gasteiger partial charge in [0.2, 0.25) is 0 Å². The van der Waals surface area contributed by atoms with Gasteiger partial charge in [0, 0.05) is 12.1 Å². The molecule has 3 rings (SSSR count). The Balaban J connectivity index is 1.95. The summed E-state index contributed by atoms with van der Waals surface area (Å²) in [5, 5.41) is 10.1. The fourth-order valence-corrected chi connectivity index (χ4v) is 4.04. The van der Waals surface area contributed by atoms with Gasteiger partial charge in [-0.3, -0.25) is 4.90 Å². The molecule has 0 spiro atoms. The SMILES string of the molecule is CCC[C@H]1CC=C2C=CCCC2N1[C@@H](CO)c1ccccc1. The minimum Gasteiger partial charge on any atom is -0.394 e. The highest BCUT2D eigenvalue weighted by Crippen LogP contribution is 2.38. The Morgan fingerprint density at radius 3 is 2.82 bits per heavy atom. The quantitative estimate of drug-likeness (QED) is 0.878. The van der Waals surface area contributed by atoms with Crippen LogP contribution < -0.4 is 0 Å². The lowest BCUT2D eigenvalue weighted by atomic mass is 9.84. The molecule has 118 valence electrons. The zero-order chi connectivity index (χ0) is 15.4.